The molecule has 0 aliphatic heterocycles. The van der Waals surface area contributed by atoms with E-state index in [2.05, 4.69) is 6.92 Å². The average Bonchev–Trinajstić information content (AvgIpc) is 2.38. The van der Waals surface area contributed by atoms with Crippen LogP contribution in [0.5, 0.6) is 0 Å². The number of aryl methyl sites for hydroxylation is 1. The van der Waals surface area contributed by atoms with Gasteiger partial charge in [-0.25, -0.2) is 4.79 Å². The quantitative estimate of drug-likeness (QED) is 0.895. The first-order valence-electron chi connectivity index (χ1n) is 5.74. The van der Waals surface area contributed by atoms with Crippen LogP contribution in [0.3, 0.4) is 0 Å². The molecule has 2 aromatic rings. The third-order valence-electron chi connectivity index (χ3n) is 2.90. The van der Waals surface area contributed by atoms with Crippen molar-refractivity contribution in [1.29, 1.82) is 0 Å². The zero-order valence-electron chi connectivity index (χ0n) is 9.98. The highest BCUT2D eigenvalue weighted by Gasteiger charge is 2.15. The molecule has 0 fully saturated rings. The summed E-state index contributed by atoms with van der Waals surface area (Å²) in [6.45, 7) is 2.08. The van der Waals surface area contributed by atoms with Gasteiger partial charge in [-0.15, -0.1) is 0 Å². The first kappa shape index (κ1) is 12.7. The average molecular weight is 261 g/mol. The number of rotatable bonds is 3. The summed E-state index contributed by atoms with van der Waals surface area (Å²) in [5.74, 6) is -1.00. The van der Waals surface area contributed by atoms with Crippen LogP contribution in [-0.4, -0.2) is 11.1 Å². The summed E-state index contributed by atoms with van der Waals surface area (Å²) in [5, 5.41) is 9.49. The van der Waals surface area contributed by atoms with Crippen LogP contribution in [0.25, 0.3) is 11.1 Å². The highest BCUT2D eigenvalue weighted by Crippen LogP contribution is 2.29. The first-order chi connectivity index (χ1) is 8.63. The van der Waals surface area contributed by atoms with E-state index in [0.717, 1.165) is 12.0 Å². The zero-order valence-corrected chi connectivity index (χ0v) is 10.7. The van der Waals surface area contributed by atoms with Crippen LogP contribution in [0.4, 0.5) is 0 Å². The molecule has 1 N–H and O–H groups in total. The molecule has 0 saturated heterocycles. The molecule has 0 unspecified atom stereocenters. The number of halogens is 1. The maximum absolute atomic E-state index is 11.3. The SMILES string of the molecule is CCc1ccc(-c2cccc(Cl)c2C(=O)O)cc1. The van der Waals surface area contributed by atoms with E-state index in [-0.39, 0.29) is 10.6 Å². The zero-order chi connectivity index (χ0) is 13.1. The van der Waals surface area contributed by atoms with E-state index < -0.39 is 5.97 Å². The lowest BCUT2D eigenvalue weighted by atomic mass is 9.98. The number of aromatic carboxylic acids is 1. The van der Waals surface area contributed by atoms with Gasteiger partial charge in [-0.3, -0.25) is 0 Å². The lowest BCUT2D eigenvalue weighted by Crippen LogP contribution is -2.00. The predicted molar refractivity (Wildman–Crippen MR) is 73.2 cm³/mol. The molecule has 0 atom stereocenters. The second-order valence-electron chi connectivity index (χ2n) is 4.02. The lowest BCUT2D eigenvalue weighted by molar-refractivity contribution is 0.0698. The maximum Gasteiger partial charge on any atom is 0.337 e. The maximum atomic E-state index is 11.3. The molecule has 0 amide bonds. The molecule has 2 nitrogen and oxygen atoms in total. The number of hydrogen-bond donors (Lipinski definition) is 1. The molecule has 0 heterocycles. The molecule has 92 valence electrons. The van der Waals surface area contributed by atoms with Crippen LogP contribution < -0.4 is 0 Å². The minimum absolute atomic E-state index is 0.156. The van der Waals surface area contributed by atoms with Crippen molar-refractivity contribution in [3.63, 3.8) is 0 Å². The van der Waals surface area contributed by atoms with Crippen molar-refractivity contribution in [3.8, 4) is 11.1 Å². The van der Waals surface area contributed by atoms with Crippen LogP contribution in [0.1, 0.15) is 22.8 Å². The van der Waals surface area contributed by atoms with Crippen LogP contribution in [0, 0.1) is 0 Å². The van der Waals surface area contributed by atoms with Gasteiger partial charge >= 0.3 is 5.97 Å². The fourth-order valence-corrected chi connectivity index (χ4v) is 2.16. The summed E-state index contributed by atoms with van der Waals surface area (Å²) in [6, 6.07) is 13.0. The molecule has 0 radical (unpaired) electrons. The number of carboxylic acids is 1. The van der Waals surface area contributed by atoms with E-state index in [4.69, 9.17) is 11.6 Å². The predicted octanol–water partition coefficient (Wildman–Crippen LogP) is 4.27. The molecule has 0 saturated carbocycles. The van der Waals surface area contributed by atoms with Gasteiger partial charge in [0.05, 0.1) is 10.6 Å². The van der Waals surface area contributed by atoms with Crippen LogP contribution in [-0.2, 0) is 6.42 Å². The van der Waals surface area contributed by atoms with Crippen molar-refractivity contribution in [2.24, 2.45) is 0 Å². The van der Waals surface area contributed by atoms with Gasteiger partial charge in [0, 0.05) is 0 Å². The van der Waals surface area contributed by atoms with Gasteiger partial charge in [0.15, 0.2) is 0 Å². The molecule has 0 aliphatic carbocycles. The Morgan fingerprint density at radius 1 is 1.17 bits per heavy atom. The number of benzene rings is 2. The van der Waals surface area contributed by atoms with Crippen molar-refractivity contribution in [1.82, 2.24) is 0 Å². The van der Waals surface area contributed by atoms with Crippen molar-refractivity contribution >= 4 is 17.6 Å². The molecular weight excluding hydrogens is 248 g/mol. The first-order valence-corrected chi connectivity index (χ1v) is 6.12. The molecular formula is C15H13ClO2. The second kappa shape index (κ2) is 5.23. The van der Waals surface area contributed by atoms with Gasteiger partial charge in [0.2, 0.25) is 0 Å². The van der Waals surface area contributed by atoms with Crippen molar-refractivity contribution in [2.45, 2.75) is 13.3 Å². The largest absolute Gasteiger partial charge is 0.478 e. The van der Waals surface area contributed by atoms with Crippen molar-refractivity contribution in [2.75, 3.05) is 0 Å². The molecule has 0 spiro atoms. The van der Waals surface area contributed by atoms with Gasteiger partial charge in [-0.2, -0.15) is 0 Å². The van der Waals surface area contributed by atoms with Crippen LogP contribution in [0.2, 0.25) is 5.02 Å². The summed E-state index contributed by atoms with van der Waals surface area (Å²) in [6.07, 6.45) is 0.960. The van der Waals surface area contributed by atoms with Crippen LogP contribution in [0.15, 0.2) is 42.5 Å². The second-order valence-corrected chi connectivity index (χ2v) is 4.43. The highest BCUT2D eigenvalue weighted by atomic mass is 35.5. The monoisotopic (exact) mass is 260 g/mol. The number of carbonyl (C=O) groups is 1. The Labute approximate surface area is 111 Å². The topological polar surface area (TPSA) is 37.3 Å². The van der Waals surface area contributed by atoms with E-state index in [1.807, 2.05) is 24.3 Å². The Morgan fingerprint density at radius 3 is 2.39 bits per heavy atom. The van der Waals surface area contributed by atoms with Crippen molar-refractivity contribution < 1.29 is 9.90 Å². The van der Waals surface area contributed by atoms with Crippen LogP contribution >= 0.6 is 11.6 Å². The van der Waals surface area contributed by atoms with E-state index >= 15 is 0 Å². The lowest BCUT2D eigenvalue weighted by Gasteiger charge is -2.08. The number of carboxylic acid groups (broad SMARTS) is 1. The summed E-state index contributed by atoms with van der Waals surface area (Å²) in [4.78, 5) is 11.3. The Bertz CT molecular complexity index is 574. The molecule has 2 aromatic carbocycles. The fraction of sp³-hybridized carbons (Fsp3) is 0.133. The highest BCUT2D eigenvalue weighted by molar-refractivity contribution is 6.34. The molecule has 3 heteroatoms. The molecule has 18 heavy (non-hydrogen) atoms. The minimum atomic E-state index is -1.00. The normalized spacial score (nSPS) is 10.3. The third-order valence-corrected chi connectivity index (χ3v) is 3.22. The van der Waals surface area contributed by atoms with E-state index in [9.17, 15) is 9.90 Å². The summed E-state index contributed by atoms with van der Waals surface area (Å²) in [7, 11) is 0. The van der Waals surface area contributed by atoms with Gasteiger partial charge in [0.1, 0.15) is 0 Å². The Kier molecular flexibility index (Phi) is 3.68. The molecule has 0 aliphatic rings. The molecule has 0 aromatic heterocycles. The Balaban J connectivity index is 2.56. The van der Waals surface area contributed by atoms with Gasteiger partial charge in [-0.05, 0) is 29.2 Å². The van der Waals surface area contributed by atoms with Crippen molar-refractivity contribution in [3.05, 3.63) is 58.6 Å². The summed E-state index contributed by atoms with van der Waals surface area (Å²) >= 11 is 5.95. The smallest absolute Gasteiger partial charge is 0.337 e. The summed E-state index contributed by atoms with van der Waals surface area (Å²) < 4.78 is 0. The Hall–Kier alpha value is -1.80. The molecule has 2 rings (SSSR count). The Morgan fingerprint density at radius 2 is 1.83 bits per heavy atom. The van der Waals surface area contributed by atoms with E-state index in [0.29, 0.717) is 5.56 Å². The summed E-state index contributed by atoms with van der Waals surface area (Å²) in [5.41, 5.74) is 2.89. The van der Waals surface area contributed by atoms with Gasteiger partial charge < -0.3 is 5.11 Å². The standard InChI is InChI=1S/C15H13ClO2/c1-2-10-6-8-11(9-7-10)12-4-3-5-13(16)14(12)15(17)18/h3-9H,2H2,1H3,(H,17,18). The number of hydrogen-bond acceptors (Lipinski definition) is 1. The van der Waals surface area contributed by atoms with E-state index in [1.54, 1.807) is 18.2 Å². The third kappa shape index (κ3) is 2.39. The van der Waals surface area contributed by atoms with Gasteiger partial charge in [0.25, 0.3) is 0 Å². The van der Waals surface area contributed by atoms with Gasteiger partial charge in [-0.1, -0.05) is 54.9 Å². The van der Waals surface area contributed by atoms with E-state index in [1.165, 1.54) is 5.56 Å². The minimum Gasteiger partial charge on any atom is -0.478 e. The fourth-order valence-electron chi connectivity index (χ4n) is 1.90. The molecule has 0 bridgehead atoms.